The van der Waals surface area contributed by atoms with E-state index in [1.54, 1.807) is 6.07 Å². The number of anilines is 1. The Labute approximate surface area is 165 Å². The molecule has 0 fully saturated rings. The van der Waals surface area contributed by atoms with Gasteiger partial charge in [0.2, 0.25) is 0 Å². The second-order valence-electron chi connectivity index (χ2n) is 5.15. The van der Waals surface area contributed by atoms with E-state index in [1.165, 1.54) is 52.7 Å². The van der Waals surface area contributed by atoms with Crippen molar-refractivity contribution < 1.29 is 32.2 Å². The summed E-state index contributed by atoms with van der Waals surface area (Å²) in [6.45, 7) is 0. The van der Waals surface area contributed by atoms with Crippen molar-refractivity contribution in [2.75, 3.05) is 33.2 Å². The van der Waals surface area contributed by atoms with E-state index in [0.29, 0.717) is 4.47 Å². The largest absolute Gasteiger partial charge is 0.495 e. The molecule has 0 aromatic heterocycles. The van der Waals surface area contributed by atoms with Crippen LogP contribution in [0.25, 0.3) is 0 Å². The first-order valence-corrected chi connectivity index (χ1v) is 9.75. The van der Waals surface area contributed by atoms with Crippen LogP contribution in [0.1, 0.15) is 10.4 Å². The highest BCUT2D eigenvalue weighted by Gasteiger charge is 2.25. The number of halogens is 1. The van der Waals surface area contributed by atoms with Crippen LogP contribution in [-0.4, -0.2) is 42.8 Å². The summed E-state index contributed by atoms with van der Waals surface area (Å²) in [6, 6.07) is 7.22. The van der Waals surface area contributed by atoms with Gasteiger partial charge in [0.1, 0.15) is 10.6 Å². The van der Waals surface area contributed by atoms with Gasteiger partial charge in [-0.15, -0.1) is 0 Å². The normalized spacial score (nSPS) is 10.9. The Hall–Kier alpha value is -2.46. The average molecular weight is 460 g/mol. The van der Waals surface area contributed by atoms with Gasteiger partial charge in [0.05, 0.1) is 39.7 Å². The molecule has 0 amide bonds. The summed E-state index contributed by atoms with van der Waals surface area (Å²) in [7, 11) is 1.24. The maximum absolute atomic E-state index is 12.9. The second-order valence-corrected chi connectivity index (χ2v) is 7.71. The third-order valence-electron chi connectivity index (χ3n) is 3.59. The van der Waals surface area contributed by atoms with Gasteiger partial charge in [-0.25, -0.2) is 13.2 Å². The van der Waals surface area contributed by atoms with Gasteiger partial charge in [-0.3, -0.25) is 4.72 Å². The first kappa shape index (κ1) is 20.8. The number of methoxy groups -OCH3 is 4. The predicted octanol–water partition coefficient (Wildman–Crippen LogP) is 3.06. The number of esters is 1. The van der Waals surface area contributed by atoms with Crippen molar-refractivity contribution in [2.24, 2.45) is 0 Å². The minimum atomic E-state index is -4.10. The van der Waals surface area contributed by atoms with Gasteiger partial charge in [-0.05, 0) is 18.2 Å². The van der Waals surface area contributed by atoms with E-state index in [2.05, 4.69) is 20.7 Å². The Balaban J connectivity index is 2.61. The zero-order valence-electron chi connectivity index (χ0n) is 15.0. The van der Waals surface area contributed by atoms with E-state index >= 15 is 0 Å². The van der Waals surface area contributed by atoms with Gasteiger partial charge in [0, 0.05) is 16.6 Å². The van der Waals surface area contributed by atoms with Gasteiger partial charge in [-0.1, -0.05) is 15.9 Å². The molecule has 0 heterocycles. The maximum Gasteiger partial charge on any atom is 0.340 e. The number of ether oxygens (including phenoxy) is 4. The lowest BCUT2D eigenvalue weighted by molar-refractivity contribution is 0.0601. The average Bonchev–Trinajstić information content (AvgIpc) is 2.66. The number of benzene rings is 2. The SMILES string of the molecule is COC(=O)c1cc(OC)c(OC)cc1NS(=O)(=O)c1cc(Br)ccc1OC. The molecule has 8 nitrogen and oxygen atoms in total. The molecule has 2 rings (SSSR count). The smallest absolute Gasteiger partial charge is 0.340 e. The Bertz CT molecular complexity index is 960. The molecule has 10 heteroatoms. The zero-order valence-corrected chi connectivity index (χ0v) is 17.4. The number of hydrogen-bond donors (Lipinski definition) is 1. The Morgan fingerprint density at radius 3 is 2.07 bits per heavy atom. The molecule has 1 N–H and O–H groups in total. The molecular weight excluding hydrogens is 442 g/mol. The van der Waals surface area contributed by atoms with E-state index in [4.69, 9.17) is 18.9 Å². The molecule has 0 atom stereocenters. The predicted molar refractivity (Wildman–Crippen MR) is 102 cm³/mol. The first-order chi connectivity index (χ1) is 12.8. The first-order valence-electron chi connectivity index (χ1n) is 7.48. The third-order valence-corrected chi connectivity index (χ3v) is 5.47. The van der Waals surface area contributed by atoms with E-state index in [9.17, 15) is 13.2 Å². The minimum Gasteiger partial charge on any atom is -0.495 e. The number of nitrogens with one attached hydrogen (secondary N) is 1. The van der Waals surface area contributed by atoms with Crippen molar-refractivity contribution in [3.05, 3.63) is 40.4 Å². The summed E-state index contributed by atoms with van der Waals surface area (Å²) in [5.41, 5.74) is -0.0609. The molecule has 0 unspecified atom stereocenters. The molecule has 146 valence electrons. The van der Waals surface area contributed by atoms with Crippen LogP contribution in [0.2, 0.25) is 0 Å². The van der Waals surface area contributed by atoms with Crippen molar-refractivity contribution in [1.29, 1.82) is 0 Å². The van der Waals surface area contributed by atoms with Crippen LogP contribution in [0, 0.1) is 0 Å². The van der Waals surface area contributed by atoms with E-state index in [0.717, 1.165) is 0 Å². The topological polar surface area (TPSA) is 100 Å². The number of carbonyl (C=O) groups is 1. The van der Waals surface area contributed by atoms with Gasteiger partial charge in [0.25, 0.3) is 10.0 Å². The summed E-state index contributed by atoms with van der Waals surface area (Å²) in [5.74, 6) is -0.106. The fraction of sp³-hybridized carbons (Fsp3) is 0.235. The molecule has 0 aliphatic rings. The van der Waals surface area contributed by atoms with Gasteiger partial charge < -0.3 is 18.9 Å². The lowest BCUT2D eigenvalue weighted by Crippen LogP contribution is -2.17. The fourth-order valence-electron chi connectivity index (χ4n) is 2.30. The molecular formula is C17H18BrNO7S. The highest BCUT2D eigenvalue weighted by Crippen LogP contribution is 2.36. The summed E-state index contributed by atoms with van der Waals surface area (Å²) in [5, 5.41) is 0. The second kappa shape index (κ2) is 8.49. The van der Waals surface area contributed by atoms with Crippen LogP contribution < -0.4 is 18.9 Å². The molecule has 2 aromatic rings. The van der Waals surface area contributed by atoms with Gasteiger partial charge >= 0.3 is 5.97 Å². The van der Waals surface area contributed by atoms with Crippen LogP contribution in [0.5, 0.6) is 17.2 Å². The van der Waals surface area contributed by atoms with Crippen molar-refractivity contribution in [3.63, 3.8) is 0 Å². The molecule has 0 radical (unpaired) electrons. The molecule has 0 aliphatic carbocycles. The quantitative estimate of drug-likeness (QED) is 0.634. The van der Waals surface area contributed by atoms with Crippen molar-refractivity contribution in [2.45, 2.75) is 4.90 Å². The van der Waals surface area contributed by atoms with Crippen molar-refractivity contribution >= 4 is 37.6 Å². The number of hydrogen-bond acceptors (Lipinski definition) is 7. The maximum atomic E-state index is 12.9. The van der Waals surface area contributed by atoms with Gasteiger partial charge in [-0.2, -0.15) is 0 Å². The lowest BCUT2D eigenvalue weighted by atomic mass is 10.1. The molecule has 27 heavy (non-hydrogen) atoms. The van der Waals surface area contributed by atoms with E-state index in [-0.39, 0.29) is 33.4 Å². The standard InChI is InChI=1S/C17H18BrNO7S/c1-23-13-6-5-10(18)7-16(13)27(21,22)19-12-9-15(25-3)14(24-2)8-11(12)17(20)26-4/h5-9,19H,1-4H3. The van der Waals surface area contributed by atoms with Crippen LogP contribution in [0.4, 0.5) is 5.69 Å². The van der Waals surface area contributed by atoms with E-state index < -0.39 is 16.0 Å². The molecule has 0 aliphatic heterocycles. The fourth-order valence-corrected chi connectivity index (χ4v) is 4.08. The summed E-state index contributed by atoms with van der Waals surface area (Å²) in [4.78, 5) is 12.0. The minimum absolute atomic E-state index is 0.0264. The van der Waals surface area contributed by atoms with E-state index in [1.807, 2.05) is 0 Å². The highest BCUT2D eigenvalue weighted by molar-refractivity contribution is 9.10. The highest BCUT2D eigenvalue weighted by atomic mass is 79.9. The molecule has 2 aromatic carbocycles. The van der Waals surface area contributed by atoms with Crippen LogP contribution >= 0.6 is 15.9 Å². The molecule has 0 saturated carbocycles. The lowest BCUT2D eigenvalue weighted by Gasteiger charge is -2.16. The molecule has 0 bridgehead atoms. The Kier molecular flexibility index (Phi) is 6.55. The molecule has 0 saturated heterocycles. The van der Waals surface area contributed by atoms with Crippen LogP contribution in [0.3, 0.4) is 0 Å². The third kappa shape index (κ3) is 4.45. The van der Waals surface area contributed by atoms with Gasteiger partial charge in [0.15, 0.2) is 11.5 Å². The number of rotatable bonds is 7. The summed E-state index contributed by atoms with van der Waals surface area (Å²) < 4.78 is 49.0. The Morgan fingerprint density at radius 2 is 1.52 bits per heavy atom. The molecule has 0 spiro atoms. The van der Waals surface area contributed by atoms with Crippen molar-refractivity contribution in [3.8, 4) is 17.2 Å². The summed E-state index contributed by atoms with van der Waals surface area (Å²) in [6.07, 6.45) is 0. The zero-order chi connectivity index (χ0) is 20.2. The Morgan fingerprint density at radius 1 is 0.926 bits per heavy atom. The van der Waals surface area contributed by atoms with Crippen molar-refractivity contribution in [1.82, 2.24) is 0 Å². The monoisotopic (exact) mass is 459 g/mol. The number of sulfonamides is 1. The number of carbonyl (C=O) groups excluding carboxylic acids is 1. The van der Waals surface area contributed by atoms with Crippen LogP contribution in [0.15, 0.2) is 39.7 Å². The van der Waals surface area contributed by atoms with Crippen LogP contribution in [-0.2, 0) is 14.8 Å². The summed E-state index contributed by atoms with van der Waals surface area (Å²) >= 11 is 3.24.